The molecule has 9 heteroatoms. The molecule has 0 radical (unpaired) electrons. The first-order valence-electron chi connectivity index (χ1n) is 8.78. The first-order chi connectivity index (χ1) is 13.2. The van der Waals surface area contributed by atoms with E-state index < -0.39 is 23.7 Å². The number of halogens is 3. The van der Waals surface area contributed by atoms with Crippen molar-refractivity contribution >= 4 is 11.8 Å². The van der Waals surface area contributed by atoms with Gasteiger partial charge in [-0.1, -0.05) is 12.1 Å². The molecule has 1 aromatic heterocycles. The lowest BCUT2D eigenvalue weighted by atomic mass is 10.0. The van der Waals surface area contributed by atoms with Crippen molar-refractivity contribution in [2.45, 2.75) is 32.0 Å². The second-order valence-corrected chi connectivity index (χ2v) is 6.64. The van der Waals surface area contributed by atoms with Crippen LogP contribution in [0.5, 0.6) is 0 Å². The summed E-state index contributed by atoms with van der Waals surface area (Å²) < 4.78 is 39.3. The molecule has 0 aliphatic carbocycles. The van der Waals surface area contributed by atoms with Gasteiger partial charge in [0.2, 0.25) is 5.91 Å². The van der Waals surface area contributed by atoms with Crippen molar-refractivity contribution in [1.29, 1.82) is 0 Å². The Bertz CT molecular complexity index is 868. The summed E-state index contributed by atoms with van der Waals surface area (Å²) in [6.07, 6.45) is -0.693. The Kier molecular flexibility index (Phi) is 5.62. The van der Waals surface area contributed by atoms with Crippen molar-refractivity contribution in [3.8, 4) is 0 Å². The number of amides is 2. The molecule has 0 unspecified atom stereocenters. The molecule has 148 valence electrons. The van der Waals surface area contributed by atoms with E-state index >= 15 is 0 Å². The number of nitrogens with zero attached hydrogens (tertiary/aromatic N) is 3. The lowest BCUT2D eigenvalue weighted by Crippen LogP contribution is -2.39. The van der Waals surface area contributed by atoms with Crippen LogP contribution in [-0.4, -0.2) is 39.8 Å². The number of benzene rings is 1. The highest BCUT2D eigenvalue weighted by Crippen LogP contribution is 2.31. The fourth-order valence-corrected chi connectivity index (χ4v) is 3.03. The smallest absolute Gasteiger partial charge is 0.342 e. The van der Waals surface area contributed by atoms with Crippen LogP contribution < -0.4 is 5.32 Å². The summed E-state index contributed by atoms with van der Waals surface area (Å²) in [5.74, 6) is -0.650. The number of alkyl halides is 3. The molecule has 2 aromatic rings. The standard InChI is InChI=1S/C19H19F3N4O2/c1-12-9-24-15(10-23-12)18(28)25-16(11-26-7-3-6-17(26)27)13-4-2-5-14(8-13)19(20,21)22/h2,4-5,8-10,16H,3,6-7,11H2,1H3,(H,25,28)/t16-/m0/s1. The number of rotatable bonds is 5. The van der Waals surface area contributed by atoms with Crippen molar-refractivity contribution in [2.75, 3.05) is 13.1 Å². The van der Waals surface area contributed by atoms with Crippen molar-refractivity contribution in [2.24, 2.45) is 0 Å². The Morgan fingerprint density at radius 3 is 2.68 bits per heavy atom. The first kappa shape index (κ1) is 19.8. The van der Waals surface area contributed by atoms with Crippen molar-refractivity contribution in [3.05, 3.63) is 59.2 Å². The monoisotopic (exact) mass is 392 g/mol. The molecule has 2 amide bonds. The Morgan fingerprint density at radius 2 is 2.07 bits per heavy atom. The molecule has 1 aliphatic rings. The molecule has 1 N–H and O–H groups in total. The molecule has 28 heavy (non-hydrogen) atoms. The van der Waals surface area contributed by atoms with Gasteiger partial charge in [0.15, 0.2) is 0 Å². The van der Waals surface area contributed by atoms with Gasteiger partial charge in [-0.15, -0.1) is 0 Å². The van der Waals surface area contributed by atoms with E-state index in [0.717, 1.165) is 12.1 Å². The van der Waals surface area contributed by atoms with E-state index in [1.807, 2.05) is 0 Å². The quantitative estimate of drug-likeness (QED) is 0.849. The van der Waals surface area contributed by atoms with Crippen molar-refractivity contribution in [3.63, 3.8) is 0 Å². The molecule has 3 rings (SSSR count). The number of aromatic nitrogens is 2. The van der Waals surface area contributed by atoms with Crippen LogP contribution in [-0.2, 0) is 11.0 Å². The zero-order valence-electron chi connectivity index (χ0n) is 15.2. The third-order valence-corrected chi connectivity index (χ3v) is 4.51. The maximum absolute atomic E-state index is 13.1. The van der Waals surface area contributed by atoms with Crippen molar-refractivity contribution < 1.29 is 22.8 Å². The predicted molar refractivity (Wildman–Crippen MR) is 94.2 cm³/mol. The highest BCUT2D eigenvalue weighted by molar-refractivity contribution is 5.92. The minimum atomic E-state index is -4.50. The van der Waals surface area contributed by atoms with Crippen LogP contribution in [0.2, 0.25) is 0 Å². The normalized spacial score (nSPS) is 15.6. The largest absolute Gasteiger partial charge is 0.416 e. The Balaban J connectivity index is 1.87. The van der Waals surface area contributed by atoms with Gasteiger partial charge in [0.1, 0.15) is 5.69 Å². The Hall–Kier alpha value is -2.97. The zero-order chi connectivity index (χ0) is 20.3. The Labute approximate surface area is 159 Å². The van der Waals surface area contributed by atoms with Crippen LogP contribution in [0, 0.1) is 6.92 Å². The highest BCUT2D eigenvalue weighted by atomic mass is 19.4. The minimum Gasteiger partial charge on any atom is -0.342 e. The molecule has 1 saturated heterocycles. The molecule has 1 fully saturated rings. The average Bonchev–Trinajstić information content (AvgIpc) is 3.06. The lowest BCUT2D eigenvalue weighted by molar-refractivity contribution is -0.137. The van der Waals surface area contributed by atoms with E-state index in [1.54, 1.807) is 11.8 Å². The molecule has 6 nitrogen and oxygen atoms in total. The second-order valence-electron chi connectivity index (χ2n) is 6.64. The van der Waals surface area contributed by atoms with Gasteiger partial charge in [-0.25, -0.2) is 4.98 Å². The van der Waals surface area contributed by atoms with E-state index in [4.69, 9.17) is 0 Å². The van der Waals surface area contributed by atoms with E-state index in [9.17, 15) is 22.8 Å². The number of carbonyl (C=O) groups is 2. The third kappa shape index (κ3) is 4.65. The number of likely N-dealkylation sites (tertiary alicyclic amines) is 1. The topological polar surface area (TPSA) is 75.2 Å². The van der Waals surface area contributed by atoms with E-state index in [1.165, 1.54) is 24.5 Å². The fraction of sp³-hybridized carbons (Fsp3) is 0.368. The molecule has 1 atom stereocenters. The molecule has 1 aromatic carbocycles. The SMILES string of the molecule is Cc1cnc(C(=O)N[C@@H](CN2CCCC2=O)c2cccc(C(F)(F)F)c2)cn1. The number of hydrogen-bond acceptors (Lipinski definition) is 4. The highest BCUT2D eigenvalue weighted by Gasteiger charge is 2.32. The summed E-state index contributed by atoms with van der Waals surface area (Å²) in [6.45, 7) is 2.32. The number of nitrogens with one attached hydrogen (secondary N) is 1. The summed E-state index contributed by atoms with van der Waals surface area (Å²) in [4.78, 5) is 34.1. The van der Waals surface area contributed by atoms with Crippen molar-refractivity contribution in [1.82, 2.24) is 20.2 Å². The van der Waals surface area contributed by atoms with Crippen LogP contribution >= 0.6 is 0 Å². The molecule has 0 bridgehead atoms. The van der Waals surface area contributed by atoms with Crippen LogP contribution in [0.4, 0.5) is 13.2 Å². The predicted octanol–water partition coefficient (Wildman–Crippen LogP) is 2.90. The zero-order valence-corrected chi connectivity index (χ0v) is 15.2. The van der Waals surface area contributed by atoms with Crippen LogP contribution in [0.25, 0.3) is 0 Å². The first-order valence-corrected chi connectivity index (χ1v) is 8.78. The van der Waals surface area contributed by atoms with Gasteiger partial charge in [0.25, 0.3) is 5.91 Å². The summed E-state index contributed by atoms with van der Waals surface area (Å²) in [5.41, 5.74) is 0.138. The van der Waals surface area contributed by atoms with Gasteiger partial charge < -0.3 is 10.2 Å². The molecule has 0 spiro atoms. The van der Waals surface area contributed by atoms with E-state index in [-0.39, 0.29) is 23.7 Å². The summed E-state index contributed by atoms with van der Waals surface area (Å²) in [6, 6.07) is 3.94. The molecule has 2 heterocycles. The molecule has 1 aliphatic heterocycles. The summed E-state index contributed by atoms with van der Waals surface area (Å²) >= 11 is 0. The van der Waals surface area contributed by atoms with E-state index in [0.29, 0.717) is 25.1 Å². The van der Waals surface area contributed by atoms with Crippen LogP contribution in [0.1, 0.15) is 46.2 Å². The van der Waals surface area contributed by atoms with Gasteiger partial charge in [-0.05, 0) is 31.0 Å². The van der Waals surface area contributed by atoms with Gasteiger partial charge in [0.05, 0.1) is 23.5 Å². The summed E-state index contributed by atoms with van der Waals surface area (Å²) in [5, 5.41) is 2.69. The maximum Gasteiger partial charge on any atom is 0.416 e. The summed E-state index contributed by atoms with van der Waals surface area (Å²) in [7, 11) is 0. The second kappa shape index (κ2) is 7.95. The minimum absolute atomic E-state index is 0.0512. The van der Waals surface area contributed by atoms with Gasteiger partial charge in [-0.3, -0.25) is 14.6 Å². The molecule has 0 saturated carbocycles. The van der Waals surface area contributed by atoms with Gasteiger partial charge in [0, 0.05) is 25.7 Å². The average molecular weight is 392 g/mol. The van der Waals surface area contributed by atoms with Gasteiger partial charge in [-0.2, -0.15) is 13.2 Å². The lowest BCUT2D eigenvalue weighted by Gasteiger charge is -2.25. The van der Waals surface area contributed by atoms with Crippen LogP contribution in [0.15, 0.2) is 36.7 Å². The van der Waals surface area contributed by atoms with E-state index in [2.05, 4.69) is 15.3 Å². The van der Waals surface area contributed by atoms with Gasteiger partial charge >= 0.3 is 6.18 Å². The number of aryl methyl sites for hydroxylation is 1. The number of hydrogen-bond donors (Lipinski definition) is 1. The third-order valence-electron chi connectivity index (χ3n) is 4.51. The molecular formula is C19H19F3N4O2. The Morgan fingerprint density at radius 1 is 1.29 bits per heavy atom. The maximum atomic E-state index is 13.1. The number of carbonyl (C=O) groups excluding carboxylic acids is 2. The molecular weight excluding hydrogens is 373 g/mol. The fourth-order valence-electron chi connectivity index (χ4n) is 3.03. The van der Waals surface area contributed by atoms with Crippen LogP contribution in [0.3, 0.4) is 0 Å².